The largest absolute Gasteiger partial charge is 2.00 e. The molecule has 0 atom stereocenters. The van der Waals surface area contributed by atoms with Crippen molar-refractivity contribution in [1.82, 2.24) is 0 Å². The second-order valence-corrected chi connectivity index (χ2v) is 28.3. The minimum Gasteiger partial charge on any atom is 2.00 e. The molecular formula is C29H54ClF3O3P4Ru2S+2. The van der Waals surface area contributed by atoms with Crippen LogP contribution in [0.2, 0.25) is 0 Å². The summed E-state index contributed by atoms with van der Waals surface area (Å²) in [4.78, 5) is 0. The average molecular weight is 901 g/mol. The molecule has 0 aromatic carbocycles. The van der Waals surface area contributed by atoms with Crippen molar-refractivity contribution >= 4 is 50.2 Å². The van der Waals surface area contributed by atoms with Crippen molar-refractivity contribution in [3.05, 3.63) is 59.2 Å². The van der Waals surface area contributed by atoms with E-state index in [2.05, 4.69) is 132 Å². The molecule has 3 nitrogen and oxygen atoms in total. The maximum Gasteiger partial charge on any atom is 2.00 e. The summed E-state index contributed by atoms with van der Waals surface area (Å²) in [5.74, 6) is 14.7. The van der Waals surface area contributed by atoms with E-state index in [1.165, 1.54) is 59.2 Å². The van der Waals surface area contributed by atoms with Crippen molar-refractivity contribution in [3.63, 3.8) is 0 Å². The second-order valence-electron chi connectivity index (χ2n) is 10.5. The van der Waals surface area contributed by atoms with E-state index >= 15 is 0 Å². The summed E-state index contributed by atoms with van der Waals surface area (Å²) in [5.41, 5.74) is -5.65. The van der Waals surface area contributed by atoms with Crippen LogP contribution in [-0.2, 0) is 46.9 Å². The van der Waals surface area contributed by atoms with Gasteiger partial charge in [0, 0.05) is 0 Å². The molecule has 0 bridgehead atoms. The zero-order valence-corrected chi connectivity index (χ0v) is 37.8. The van der Waals surface area contributed by atoms with Crippen LogP contribution < -0.4 is 0 Å². The van der Waals surface area contributed by atoms with Crippen LogP contribution in [0.25, 0.3) is 0 Å². The van der Waals surface area contributed by atoms with Gasteiger partial charge in [-0.25, -0.2) is 8.42 Å². The summed E-state index contributed by atoms with van der Waals surface area (Å²) in [6.45, 7) is 40.7. The maximum absolute atomic E-state index is 10.7. The van der Waals surface area contributed by atoms with Gasteiger partial charge in [0.25, 0.3) is 0 Å². The van der Waals surface area contributed by atoms with Crippen molar-refractivity contribution in [2.45, 2.75) is 74.7 Å². The van der Waals surface area contributed by atoms with E-state index in [4.69, 9.17) is 13.0 Å². The average Bonchev–Trinajstić information content (AvgIpc) is 3.15. The van der Waals surface area contributed by atoms with E-state index in [9.17, 15) is 13.2 Å². The minimum absolute atomic E-state index is 0. The summed E-state index contributed by atoms with van der Waals surface area (Å²) in [5, 5.41) is 0. The van der Waals surface area contributed by atoms with Crippen LogP contribution in [0, 0.1) is 59.2 Å². The van der Waals surface area contributed by atoms with Gasteiger partial charge in [-0.05, 0) is 112 Å². The van der Waals surface area contributed by atoms with Crippen LogP contribution in [0.4, 0.5) is 13.2 Å². The van der Waals surface area contributed by atoms with E-state index < -0.39 is 15.6 Å². The molecule has 14 heteroatoms. The Bertz CT molecular complexity index is 639. The predicted molar refractivity (Wildman–Crippen MR) is 186 cm³/mol. The van der Waals surface area contributed by atoms with Gasteiger partial charge in [0.1, 0.15) is 0 Å². The van der Waals surface area contributed by atoms with Gasteiger partial charge in [0.2, 0.25) is 0 Å². The van der Waals surface area contributed by atoms with Gasteiger partial charge in [-0.1, -0.05) is 99.7 Å². The SMILES string of the molecule is CP(C)P(C)C.CP(C)P(C)C.C[C]1[C](C)[C](C)[C](C)[C]1C.C[C]1[C](C)[C](C)[C](C)[C]1C.O=S(=O)([O-])C(F)(F)F.[Cl][Ru+].[Ru+2]. The van der Waals surface area contributed by atoms with Gasteiger partial charge in [0.05, 0.1) is 0 Å². The Morgan fingerprint density at radius 3 is 0.581 bits per heavy atom. The van der Waals surface area contributed by atoms with Crippen LogP contribution in [0.3, 0.4) is 0 Å². The number of rotatable bonds is 2. The molecule has 0 heterocycles. The van der Waals surface area contributed by atoms with Gasteiger partial charge in [-0.3, -0.25) is 0 Å². The quantitative estimate of drug-likeness (QED) is 0.120. The molecule has 256 valence electrons. The number of hydrogen-bond donors (Lipinski definition) is 0. The van der Waals surface area contributed by atoms with Crippen LogP contribution in [0.5, 0.6) is 0 Å². The van der Waals surface area contributed by atoms with Gasteiger partial charge >= 0.3 is 52.0 Å². The maximum atomic E-state index is 10.7. The Labute approximate surface area is 298 Å². The first kappa shape index (κ1) is 55.4. The van der Waals surface area contributed by atoms with Gasteiger partial charge < -0.3 is 4.55 Å². The molecule has 0 aliphatic heterocycles. The van der Waals surface area contributed by atoms with Crippen molar-refractivity contribution in [2.24, 2.45) is 0 Å². The first-order valence-corrected chi connectivity index (χ1v) is 26.9. The molecule has 0 aromatic rings. The third-order valence-electron chi connectivity index (χ3n) is 7.51. The van der Waals surface area contributed by atoms with Crippen LogP contribution in [-0.4, -0.2) is 71.8 Å². The van der Waals surface area contributed by atoms with Crippen molar-refractivity contribution < 1.29 is 62.9 Å². The van der Waals surface area contributed by atoms with Gasteiger partial charge in [-0.2, -0.15) is 13.2 Å². The van der Waals surface area contributed by atoms with Crippen LogP contribution in [0.1, 0.15) is 69.2 Å². The Balaban J connectivity index is -0.000000139. The first-order chi connectivity index (χ1) is 18.6. The second kappa shape index (κ2) is 26.8. The molecule has 0 N–H and O–H groups in total. The number of hydrogen-bond acceptors (Lipinski definition) is 3. The van der Waals surface area contributed by atoms with E-state index in [0.717, 1.165) is 0 Å². The normalized spacial score (nSPS) is 19.1. The van der Waals surface area contributed by atoms with E-state index in [0.29, 0.717) is 30.4 Å². The molecule has 2 rings (SSSR count). The monoisotopic (exact) mass is 902 g/mol. The van der Waals surface area contributed by atoms with E-state index in [1.54, 1.807) is 0 Å². The Kier molecular flexibility index (Phi) is 34.5. The van der Waals surface area contributed by atoms with Crippen LogP contribution in [0.15, 0.2) is 0 Å². The zero-order chi connectivity index (χ0) is 35.1. The van der Waals surface area contributed by atoms with E-state index in [1.807, 2.05) is 17.3 Å². The van der Waals surface area contributed by atoms with Crippen LogP contribution >= 0.6 is 40.1 Å². The summed E-state index contributed by atoms with van der Waals surface area (Å²) in [6, 6.07) is 0. The van der Waals surface area contributed by atoms with Crippen molar-refractivity contribution in [1.29, 1.82) is 0 Å². The first-order valence-electron chi connectivity index (χ1n) is 12.9. The molecule has 0 saturated heterocycles. The molecule has 10 radical (unpaired) electrons. The van der Waals surface area contributed by atoms with Gasteiger partial charge in [-0.15, -0.1) is 0 Å². The summed E-state index contributed by atoms with van der Waals surface area (Å²) in [6.07, 6.45) is 0. The summed E-state index contributed by atoms with van der Waals surface area (Å²) < 4.78 is 58.9. The standard InChI is InChI=1S/2C10H15.2C4H12P2.CHF3O3S.ClH.2Ru/c2*1-6-7(2)9(4)10(5)8(6)3;2*1-5(2)6(3)4;2-1(3,4)8(5,6)7;;;/h2*1-5H3;2*1-4H3;(H,5,6,7);1H;;/q;;;;;;2*+2/p-2. The molecule has 2 aliphatic carbocycles. The van der Waals surface area contributed by atoms with Gasteiger partial charge in [0.15, 0.2) is 10.1 Å². The fourth-order valence-corrected chi connectivity index (χ4v) is 2.81. The predicted octanol–water partition coefficient (Wildman–Crippen LogP) is 11.4. The molecule has 0 spiro atoms. The Morgan fingerprint density at radius 2 is 0.558 bits per heavy atom. The van der Waals surface area contributed by atoms with Crippen molar-refractivity contribution in [2.75, 3.05) is 53.3 Å². The molecule has 0 unspecified atom stereocenters. The Hall–Kier alpha value is 2.96. The zero-order valence-electron chi connectivity index (χ0n) is 29.1. The molecule has 2 fully saturated rings. The van der Waals surface area contributed by atoms with E-state index in [-0.39, 0.29) is 19.5 Å². The molecule has 0 aromatic heterocycles. The summed E-state index contributed by atoms with van der Waals surface area (Å²) in [7, 11) is 0.100. The molecular weight excluding hydrogens is 847 g/mol. The third kappa shape index (κ3) is 23.1. The van der Waals surface area contributed by atoms with Crippen molar-refractivity contribution in [3.8, 4) is 0 Å². The fourth-order valence-electron chi connectivity index (χ4n) is 2.81. The fraction of sp³-hybridized carbons (Fsp3) is 0.655. The topological polar surface area (TPSA) is 57.2 Å². The Morgan fingerprint density at radius 1 is 0.488 bits per heavy atom. The third-order valence-corrected chi connectivity index (χ3v) is 20.9. The molecule has 0 amide bonds. The molecule has 43 heavy (non-hydrogen) atoms. The summed E-state index contributed by atoms with van der Waals surface area (Å²) >= 11 is 1.82. The number of halogens is 4. The molecule has 2 aliphatic rings. The minimum atomic E-state index is -6.09. The smallest absolute Gasteiger partial charge is 2.00 e. The molecule has 2 saturated carbocycles. The number of alkyl halides is 3.